The number of amides is 1. The van der Waals surface area contributed by atoms with Crippen molar-refractivity contribution in [3.05, 3.63) is 0 Å². The molecule has 2 saturated heterocycles. The summed E-state index contributed by atoms with van der Waals surface area (Å²) in [6.07, 6.45) is 8.96. The van der Waals surface area contributed by atoms with E-state index >= 15 is 0 Å². The molecule has 3 aliphatic rings. The molecular weight excluding hydrogens is 377 g/mol. The van der Waals surface area contributed by atoms with Gasteiger partial charge in [0.15, 0.2) is 0 Å². The van der Waals surface area contributed by atoms with Crippen LogP contribution in [0.4, 0.5) is 0 Å². The van der Waals surface area contributed by atoms with E-state index in [1.54, 1.807) is 0 Å². The molecule has 1 unspecified atom stereocenters. The number of thioether (sulfide) groups is 1. The summed E-state index contributed by atoms with van der Waals surface area (Å²) in [5, 5.41) is 3.49. The van der Waals surface area contributed by atoms with Crippen molar-refractivity contribution in [2.24, 2.45) is 5.92 Å². The Morgan fingerprint density at radius 2 is 1.80 bits per heavy atom. The van der Waals surface area contributed by atoms with Crippen molar-refractivity contribution >= 4 is 42.5 Å². The lowest BCUT2D eigenvalue weighted by Gasteiger charge is -2.29. The first kappa shape index (κ1) is 23.4. The van der Waals surface area contributed by atoms with Crippen LogP contribution in [0.2, 0.25) is 0 Å². The molecule has 1 aliphatic carbocycles. The van der Waals surface area contributed by atoms with Gasteiger partial charge in [0.2, 0.25) is 5.91 Å². The summed E-state index contributed by atoms with van der Waals surface area (Å²) in [6.45, 7) is 6.47. The topological polar surface area (TPSA) is 35.6 Å². The smallest absolute Gasteiger partial charge is 0.224 e. The lowest BCUT2D eigenvalue weighted by atomic mass is 9.89. The fourth-order valence-electron chi connectivity index (χ4n) is 4.23. The van der Waals surface area contributed by atoms with Crippen molar-refractivity contribution in [3.63, 3.8) is 0 Å². The quantitative estimate of drug-likeness (QED) is 0.770. The Balaban J connectivity index is 0.00000156. The molecule has 3 rings (SSSR count). The molecule has 7 heteroatoms. The first-order chi connectivity index (χ1) is 11.3. The molecule has 1 N–H and O–H groups in total. The SMILES string of the molecule is Cl.Cl.O=C(CC1CSCCN1)N1CCCN(CC2CCCCC2)CC1. The number of carbonyl (C=O) groups is 1. The van der Waals surface area contributed by atoms with Gasteiger partial charge in [0.25, 0.3) is 0 Å². The van der Waals surface area contributed by atoms with Crippen LogP contribution >= 0.6 is 36.6 Å². The first-order valence-corrected chi connectivity index (χ1v) is 10.8. The molecule has 3 fully saturated rings. The summed E-state index contributed by atoms with van der Waals surface area (Å²) < 4.78 is 0. The van der Waals surface area contributed by atoms with Crippen molar-refractivity contribution < 1.29 is 4.79 Å². The lowest BCUT2D eigenvalue weighted by molar-refractivity contribution is -0.131. The summed E-state index contributed by atoms with van der Waals surface area (Å²) in [4.78, 5) is 17.3. The van der Waals surface area contributed by atoms with Crippen LogP contribution in [0, 0.1) is 5.92 Å². The number of nitrogens with zero attached hydrogens (tertiary/aromatic N) is 2. The second-order valence-electron chi connectivity index (χ2n) is 7.47. The highest BCUT2D eigenvalue weighted by Crippen LogP contribution is 2.24. The standard InChI is InChI=1S/C18H33N3OS.2ClH/c22-18(13-17-15-23-12-7-19-17)21-9-4-8-20(10-11-21)14-16-5-2-1-3-6-16;;/h16-17,19H,1-15H2;2*1H. The van der Waals surface area contributed by atoms with Gasteiger partial charge in [-0.1, -0.05) is 19.3 Å². The highest BCUT2D eigenvalue weighted by molar-refractivity contribution is 7.99. The minimum atomic E-state index is 0. The number of rotatable bonds is 4. The third kappa shape index (κ3) is 7.84. The monoisotopic (exact) mass is 411 g/mol. The van der Waals surface area contributed by atoms with Crippen LogP contribution in [0.5, 0.6) is 0 Å². The van der Waals surface area contributed by atoms with Gasteiger partial charge >= 0.3 is 0 Å². The van der Waals surface area contributed by atoms with Crippen molar-refractivity contribution in [1.29, 1.82) is 0 Å². The van der Waals surface area contributed by atoms with Crippen molar-refractivity contribution in [2.75, 3.05) is 50.8 Å². The zero-order chi connectivity index (χ0) is 15.9. The van der Waals surface area contributed by atoms with Gasteiger partial charge < -0.3 is 15.1 Å². The van der Waals surface area contributed by atoms with Gasteiger partial charge in [-0.2, -0.15) is 11.8 Å². The Bertz CT molecular complexity index is 377. The fourth-order valence-corrected chi connectivity index (χ4v) is 5.18. The molecule has 0 radical (unpaired) electrons. The van der Waals surface area contributed by atoms with Gasteiger partial charge in [-0.25, -0.2) is 0 Å². The molecule has 2 heterocycles. The number of hydrogen-bond acceptors (Lipinski definition) is 4. The van der Waals surface area contributed by atoms with Crippen molar-refractivity contribution in [3.8, 4) is 0 Å². The molecule has 0 bridgehead atoms. The summed E-state index contributed by atoms with van der Waals surface area (Å²) in [6, 6.07) is 0.392. The van der Waals surface area contributed by atoms with E-state index in [0.29, 0.717) is 18.4 Å². The Labute approximate surface area is 170 Å². The van der Waals surface area contributed by atoms with E-state index in [1.165, 1.54) is 50.9 Å². The average molecular weight is 412 g/mol. The van der Waals surface area contributed by atoms with E-state index in [1.807, 2.05) is 11.8 Å². The average Bonchev–Trinajstić information content (AvgIpc) is 2.82. The van der Waals surface area contributed by atoms with Crippen LogP contribution in [-0.2, 0) is 4.79 Å². The van der Waals surface area contributed by atoms with Gasteiger partial charge in [0, 0.05) is 56.7 Å². The number of carbonyl (C=O) groups excluding carboxylic acids is 1. The molecule has 1 atom stereocenters. The summed E-state index contributed by atoms with van der Waals surface area (Å²) in [7, 11) is 0. The fraction of sp³-hybridized carbons (Fsp3) is 0.944. The van der Waals surface area contributed by atoms with Gasteiger partial charge in [-0.05, 0) is 31.7 Å². The number of hydrogen-bond donors (Lipinski definition) is 1. The Morgan fingerprint density at radius 3 is 2.52 bits per heavy atom. The third-order valence-corrected chi connectivity index (χ3v) is 6.73. The third-order valence-electron chi connectivity index (χ3n) is 5.60. The number of halogens is 2. The molecule has 4 nitrogen and oxygen atoms in total. The minimum Gasteiger partial charge on any atom is -0.341 e. The van der Waals surface area contributed by atoms with E-state index in [9.17, 15) is 4.79 Å². The van der Waals surface area contributed by atoms with Gasteiger partial charge in [-0.15, -0.1) is 24.8 Å². The van der Waals surface area contributed by atoms with Crippen molar-refractivity contribution in [1.82, 2.24) is 15.1 Å². The normalized spacial score (nSPS) is 26.2. The zero-order valence-corrected chi connectivity index (χ0v) is 17.7. The van der Waals surface area contributed by atoms with Crippen LogP contribution in [0.15, 0.2) is 0 Å². The lowest BCUT2D eigenvalue weighted by Crippen LogP contribution is -2.43. The maximum Gasteiger partial charge on any atom is 0.224 e. The highest BCUT2D eigenvalue weighted by atomic mass is 35.5. The van der Waals surface area contributed by atoms with Gasteiger partial charge in [-0.3, -0.25) is 4.79 Å². The number of nitrogens with one attached hydrogen (secondary N) is 1. The van der Waals surface area contributed by atoms with Crippen LogP contribution in [-0.4, -0.2) is 72.5 Å². The molecule has 2 aliphatic heterocycles. The van der Waals surface area contributed by atoms with Crippen LogP contribution in [0.3, 0.4) is 0 Å². The first-order valence-electron chi connectivity index (χ1n) is 9.62. The second-order valence-corrected chi connectivity index (χ2v) is 8.62. The molecule has 25 heavy (non-hydrogen) atoms. The molecule has 0 spiro atoms. The van der Waals surface area contributed by atoms with E-state index in [-0.39, 0.29) is 24.8 Å². The summed E-state index contributed by atoms with van der Waals surface area (Å²) >= 11 is 1.97. The van der Waals surface area contributed by atoms with Gasteiger partial charge in [0.05, 0.1) is 0 Å². The summed E-state index contributed by atoms with van der Waals surface area (Å²) in [5.74, 6) is 3.55. The predicted molar refractivity (Wildman–Crippen MR) is 112 cm³/mol. The van der Waals surface area contributed by atoms with E-state index in [4.69, 9.17) is 0 Å². The molecule has 1 amide bonds. The Hall–Kier alpha value is 0.320. The zero-order valence-electron chi connectivity index (χ0n) is 15.3. The van der Waals surface area contributed by atoms with Gasteiger partial charge in [0.1, 0.15) is 0 Å². The molecule has 0 aromatic carbocycles. The largest absolute Gasteiger partial charge is 0.341 e. The van der Waals surface area contributed by atoms with E-state index in [2.05, 4.69) is 15.1 Å². The molecule has 1 saturated carbocycles. The molecular formula is C18H35Cl2N3OS. The minimum absolute atomic E-state index is 0. The Kier molecular flexibility index (Phi) is 11.8. The maximum atomic E-state index is 12.6. The van der Waals surface area contributed by atoms with Crippen molar-refractivity contribution in [2.45, 2.75) is 51.0 Å². The Morgan fingerprint density at radius 1 is 1.00 bits per heavy atom. The van der Waals surface area contributed by atoms with E-state index in [0.717, 1.165) is 44.3 Å². The molecule has 0 aromatic rings. The van der Waals surface area contributed by atoms with Crippen LogP contribution in [0.1, 0.15) is 44.9 Å². The summed E-state index contributed by atoms with van der Waals surface area (Å²) in [5.41, 5.74) is 0. The second kappa shape index (κ2) is 12.7. The highest BCUT2D eigenvalue weighted by Gasteiger charge is 2.24. The van der Waals surface area contributed by atoms with E-state index < -0.39 is 0 Å². The maximum absolute atomic E-state index is 12.6. The molecule has 0 aromatic heterocycles. The van der Waals surface area contributed by atoms with Crippen LogP contribution < -0.4 is 5.32 Å². The van der Waals surface area contributed by atoms with Crippen LogP contribution in [0.25, 0.3) is 0 Å². The molecule has 148 valence electrons. The predicted octanol–water partition coefficient (Wildman–Crippen LogP) is 3.04.